The molecule has 0 unspecified atom stereocenters. The molecule has 0 atom stereocenters. The molecule has 0 fully saturated rings. The van der Waals surface area contributed by atoms with E-state index >= 15 is 0 Å². The molecule has 6 nitrogen and oxygen atoms in total. The van der Waals surface area contributed by atoms with E-state index in [4.69, 9.17) is 10.2 Å². The summed E-state index contributed by atoms with van der Waals surface area (Å²) in [6.45, 7) is 0. The number of aromatic carboxylic acids is 1. The maximum absolute atomic E-state index is 13.4. The second-order valence-corrected chi connectivity index (χ2v) is 4.27. The van der Waals surface area contributed by atoms with Crippen molar-refractivity contribution in [3.8, 4) is 0 Å². The number of carbonyl (C=O) groups excluding carboxylic acids is 1. The van der Waals surface area contributed by atoms with Gasteiger partial charge in [0.1, 0.15) is 11.6 Å². The third kappa shape index (κ3) is 5.17. The Morgan fingerprint density at radius 3 is 2.19 bits per heavy atom. The molecule has 3 N–H and O–H groups in total. The predicted octanol–water partition coefficient (Wildman–Crippen LogP) is 2.25. The molecule has 114 valence electrons. The summed E-state index contributed by atoms with van der Waals surface area (Å²) < 4.78 is 26.6. The standard InChI is InChI=1S/C13H13F2NO5/c14-8-6-9(15)10(5-7(8)13(20)21)16-11(17)3-1-2-4-12(18)19/h5-6H,1-4H2,(H,16,17)(H,18,19)(H,20,21). The number of carboxylic acids is 2. The molecular weight excluding hydrogens is 288 g/mol. The van der Waals surface area contributed by atoms with E-state index < -0.39 is 40.7 Å². The van der Waals surface area contributed by atoms with E-state index in [0.29, 0.717) is 12.1 Å². The highest BCUT2D eigenvalue weighted by Crippen LogP contribution is 2.20. The lowest BCUT2D eigenvalue weighted by atomic mass is 10.1. The Morgan fingerprint density at radius 1 is 1.00 bits per heavy atom. The maximum Gasteiger partial charge on any atom is 0.338 e. The minimum absolute atomic E-state index is 0.0491. The van der Waals surface area contributed by atoms with Crippen molar-refractivity contribution < 1.29 is 33.4 Å². The molecule has 0 saturated carbocycles. The molecule has 1 amide bonds. The van der Waals surface area contributed by atoms with Crippen LogP contribution in [0.25, 0.3) is 0 Å². The summed E-state index contributed by atoms with van der Waals surface area (Å²) in [5, 5.41) is 19.3. The number of rotatable bonds is 7. The van der Waals surface area contributed by atoms with Crippen LogP contribution in [0.4, 0.5) is 14.5 Å². The molecule has 1 rings (SSSR count). The van der Waals surface area contributed by atoms with Crippen LogP contribution in [0.1, 0.15) is 36.0 Å². The number of amides is 1. The van der Waals surface area contributed by atoms with Gasteiger partial charge in [-0.15, -0.1) is 0 Å². The molecule has 1 aromatic rings. The topological polar surface area (TPSA) is 104 Å². The third-order valence-electron chi connectivity index (χ3n) is 2.61. The zero-order chi connectivity index (χ0) is 16.0. The average molecular weight is 301 g/mol. The molecule has 0 radical (unpaired) electrons. The van der Waals surface area contributed by atoms with E-state index in [0.717, 1.165) is 0 Å². The van der Waals surface area contributed by atoms with E-state index in [1.165, 1.54) is 0 Å². The molecule has 0 heterocycles. The lowest BCUT2D eigenvalue weighted by Gasteiger charge is -2.08. The van der Waals surface area contributed by atoms with E-state index in [2.05, 4.69) is 5.32 Å². The highest BCUT2D eigenvalue weighted by molar-refractivity contribution is 5.94. The van der Waals surface area contributed by atoms with Crippen LogP contribution in [-0.2, 0) is 9.59 Å². The largest absolute Gasteiger partial charge is 0.481 e. The molecule has 0 aliphatic heterocycles. The Bertz CT molecular complexity index is 574. The molecule has 0 bridgehead atoms. The molecule has 0 aliphatic rings. The highest BCUT2D eigenvalue weighted by Gasteiger charge is 2.16. The van der Waals surface area contributed by atoms with Crippen molar-refractivity contribution in [1.82, 2.24) is 0 Å². The van der Waals surface area contributed by atoms with Gasteiger partial charge in [-0.1, -0.05) is 0 Å². The van der Waals surface area contributed by atoms with Gasteiger partial charge < -0.3 is 15.5 Å². The van der Waals surface area contributed by atoms with Gasteiger partial charge in [0, 0.05) is 18.9 Å². The minimum Gasteiger partial charge on any atom is -0.481 e. The van der Waals surface area contributed by atoms with Gasteiger partial charge in [0.2, 0.25) is 5.91 Å². The summed E-state index contributed by atoms with van der Waals surface area (Å²) in [5.74, 6) is -5.49. The molecule has 1 aromatic carbocycles. The Labute approximate surface area is 118 Å². The molecule has 0 spiro atoms. The number of benzene rings is 1. The van der Waals surface area contributed by atoms with Gasteiger partial charge in [-0.3, -0.25) is 9.59 Å². The quantitative estimate of drug-likeness (QED) is 0.670. The molecule has 21 heavy (non-hydrogen) atoms. The third-order valence-corrected chi connectivity index (χ3v) is 2.61. The second kappa shape index (κ2) is 7.32. The van der Waals surface area contributed by atoms with Gasteiger partial charge >= 0.3 is 11.9 Å². The van der Waals surface area contributed by atoms with Crippen molar-refractivity contribution in [1.29, 1.82) is 0 Å². The van der Waals surface area contributed by atoms with Gasteiger partial charge in [-0.2, -0.15) is 0 Å². The van der Waals surface area contributed by atoms with Gasteiger partial charge in [0.15, 0.2) is 0 Å². The number of unbranched alkanes of at least 4 members (excludes halogenated alkanes) is 1. The minimum atomic E-state index is -1.58. The van der Waals surface area contributed by atoms with Crippen LogP contribution >= 0.6 is 0 Å². The second-order valence-electron chi connectivity index (χ2n) is 4.27. The SMILES string of the molecule is O=C(O)CCCCC(=O)Nc1cc(C(=O)O)c(F)cc1F. The molecule has 0 saturated heterocycles. The number of hydrogen-bond acceptors (Lipinski definition) is 3. The Morgan fingerprint density at radius 2 is 1.62 bits per heavy atom. The monoisotopic (exact) mass is 301 g/mol. The van der Waals surface area contributed by atoms with Gasteiger partial charge in [0.05, 0.1) is 11.3 Å². The number of anilines is 1. The van der Waals surface area contributed by atoms with Crippen LogP contribution < -0.4 is 5.32 Å². The van der Waals surface area contributed by atoms with Crippen LogP contribution in [0.15, 0.2) is 12.1 Å². The highest BCUT2D eigenvalue weighted by atomic mass is 19.1. The van der Waals surface area contributed by atoms with Crippen molar-refractivity contribution in [3.05, 3.63) is 29.3 Å². The fourth-order valence-electron chi connectivity index (χ4n) is 1.58. The first-order valence-corrected chi connectivity index (χ1v) is 6.05. The first-order valence-electron chi connectivity index (χ1n) is 6.05. The first kappa shape index (κ1) is 16.5. The summed E-state index contributed by atoms with van der Waals surface area (Å²) >= 11 is 0. The first-order chi connectivity index (χ1) is 9.81. The van der Waals surface area contributed by atoms with Gasteiger partial charge in [-0.25, -0.2) is 13.6 Å². The van der Waals surface area contributed by atoms with Crippen molar-refractivity contribution in [2.75, 3.05) is 5.32 Å². The Hall–Kier alpha value is -2.51. The summed E-state index contributed by atoms with van der Waals surface area (Å²) in [7, 11) is 0. The lowest BCUT2D eigenvalue weighted by Crippen LogP contribution is -2.14. The van der Waals surface area contributed by atoms with Crippen molar-refractivity contribution in [2.24, 2.45) is 0 Å². The Balaban J connectivity index is 2.65. The smallest absolute Gasteiger partial charge is 0.338 e. The molecule has 8 heteroatoms. The number of aliphatic carboxylic acids is 1. The number of nitrogens with one attached hydrogen (secondary N) is 1. The fraction of sp³-hybridized carbons (Fsp3) is 0.308. The lowest BCUT2D eigenvalue weighted by molar-refractivity contribution is -0.137. The fourth-order valence-corrected chi connectivity index (χ4v) is 1.58. The summed E-state index contributed by atoms with van der Waals surface area (Å²) in [4.78, 5) is 32.5. The van der Waals surface area contributed by atoms with Crippen molar-refractivity contribution in [2.45, 2.75) is 25.7 Å². The van der Waals surface area contributed by atoms with E-state index in [1.54, 1.807) is 0 Å². The molecular formula is C13H13F2NO5. The number of carboxylic acid groups (broad SMARTS) is 2. The maximum atomic E-state index is 13.4. The van der Waals surface area contributed by atoms with Crippen LogP contribution in [0.3, 0.4) is 0 Å². The van der Waals surface area contributed by atoms with Crippen LogP contribution in [0, 0.1) is 11.6 Å². The number of hydrogen-bond donors (Lipinski definition) is 3. The zero-order valence-corrected chi connectivity index (χ0v) is 10.9. The van der Waals surface area contributed by atoms with E-state index in [-0.39, 0.29) is 25.7 Å². The zero-order valence-electron chi connectivity index (χ0n) is 10.9. The van der Waals surface area contributed by atoms with Crippen LogP contribution in [-0.4, -0.2) is 28.1 Å². The average Bonchev–Trinajstić information content (AvgIpc) is 2.37. The normalized spacial score (nSPS) is 10.2. The van der Waals surface area contributed by atoms with E-state index in [1.807, 2.05) is 0 Å². The van der Waals surface area contributed by atoms with Crippen molar-refractivity contribution in [3.63, 3.8) is 0 Å². The molecule has 0 aromatic heterocycles. The summed E-state index contributed by atoms with van der Waals surface area (Å²) in [6.07, 6.45) is 0.440. The van der Waals surface area contributed by atoms with Crippen LogP contribution in [0.2, 0.25) is 0 Å². The van der Waals surface area contributed by atoms with Gasteiger partial charge in [-0.05, 0) is 18.9 Å². The van der Waals surface area contributed by atoms with Crippen molar-refractivity contribution >= 4 is 23.5 Å². The van der Waals surface area contributed by atoms with Gasteiger partial charge in [0.25, 0.3) is 0 Å². The predicted molar refractivity (Wildman–Crippen MR) is 68.1 cm³/mol. The number of carbonyl (C=O) groups is 3. The Kier molecular flexibility index (Phi) is 5.77. The number of halogens is 2. The van der Waals surface area contributed by atoms with E-state index in [9.17, 15) is 23.2 Å². The molecule has 0 aliphatic carbocycles. The summed E-state index contributed by atoms with van der Waals surface area (Å²) in [6, 6.07) is 1.08. The summed E-state index contributed by atoms with van der Waals surface area (Å²) in [5.41, 5.74) is -1.19. The van der Waals surface area contributed by atoms with Crippen LogP contribution in [0.5, 0.6) is 0 Å².